The minimum Gasteiger partial charge on any atom is -0.343 e. The monoisotopic (exact) mass is 361 g/mol. The first-order valence-electron chi connectivity index (χ1n) is 8.70. The number of anilines is 1. The van der Waals surface area contributed by atoms with Gasteiger partial charge in [-0.1, -0.05) is 18.0 Å². The minimum absolute atomic E-state index is 0.00732. The summed E-state index contributed by atoms with van der Waals surface area (Å²) in [5.41, 5.74) is 11.0. The zero-order valence-corrected chi connectivity index (χ0v) is 14.9. The normalized spacial score (nSPS) is 19.6. The van der Waals surface area contributed by atoms with Gasteiger partial charge in [0.15, 0.2) is 0 Å². The molecule has 4 rings (SSSR count). The molecule has 1 fully saturated rings. The second kappa shape index (κ2) is 6.15. The van der Waals surface area contributed by atoms with Gasteiger partial charge in [-0.2, -0.15) is 0 Å². The number of fused-ring (bicyclic) bond motifs is 1. The van der Waals surface area contributed by atoms with Crippen molar-refractivity contribution >= 4 is 23.2 Å². The van der Waals surface area contributed by atoms with Gasteiger partial charge in [-0.15, -0.1) is 0 Å². The first-order chi connectivity index (χ1) is 12.0. The summed E-state index contributed by atoms with van der Waals surface area (Å²) in [6.45, 7) is 0. The van der Waals surface area contributed by atoms with E-state index in [0.717, 1.165) is 31.2 Å². The maximum atomic E-state index is 13.3. The number of nitrogens with zero attached hydrogens (tertiary/aromatic N) is 1. The summed E-state index contributed by atoms with van der Waals surface area (Å²) in [6, 6.07) is 4.21. The molecular formula is C19H21ClFN3O. The number of carbonyl (C=O) groups excluding carboxylic acids is 1. The third-order valence-electron chi connectivity index (χ3n) is 5.54. The van der Waals surface area contributed by atoms with Crippen LogP contribution in [0.25, 0.3) is 0 Å². The Bertz CT molecular complexity index is 857. The molecule has 0 radical (unpaired) electrons. The van der Waals surface area contributed by atoms with E-state index in [4.69, 9.17) is 17.3 Å². The first-order valence-corrected chi connectivity index (χ1v) is 9.08. The lowest BCUT2D eigenvalue weighted by atomic mass is 9.80. The third kappa shape index (κ3) is 2.66. The fourth-order valence-electron chi connectivity index (χ4n) is 4.13. The van der Waals surface area contributed by atoms with Gasteiger partial charge in [-0.3, -0.25) is 4.79 Å². The molecule has 0 saturated heterocycles. The molecule has 1 atom stereocenters. The summed E-state index contributed by atoms with van der Waals surface area (Å²) >= 11 is 5.81. The molecule has 2 aliphatic carbocycles. The maximum absolute atomic E-state index is 13.3. The van der Waals surface area contributed by atoms with Gasteiger partial charge in [0, 0.05) is 24.5 Å². The molecule has 1 saturated carbocycles. The van der Waals surface area contributed by atoms with Crippen LogP contribution in [-0.4, -0.2) is 10.5 Å². The molecule has 0 spiro atoms. The number of aromatic nitrogens is 1. The van der Waals surface area contributed by atoms with E-state index in [9.17, 15) is 9.18 Å². The third-order valence-corrected chi connectivity index (χ3v) is 5.83. The Morgan fingerprint density at radius 1 is 1.36 bits per heavy atom. The van der Waals surface area contributed by atoms with E-state index < -0.39 is 5.82 Å². The van der Waals surface area contributed by atoms with Crippen molar-refractivity contribution in [3.05, 3.63) is 51.6 Å². The predicted molar refractivity (Wildman–Crippen MR) is 96.6 cm³/mol. The number of benzene rings is 1. The van der Waals surface area contributed by atoms with E-state index >= 15 is 0 Å². The number of nitrogens with two attached hydrogens (primary N) is 1. The van der Waals surface area contributed by atoms with Crippen molar-refractivity contribution in [2.45, 2.75) is 44.1 Å². The Hall–Kier alpha value is -1.85. The summed E-state index contributed by atoms with van der Waals surface area (Å²) in [6.07, 6.45) is 5.25. The molecule has 0 aliphatic heterocycles. The van der Waals surface area contributed by atoms with Crippen molar-refractivity contribution < 1.29 is 9.18 Å². The van der Waals surface area contributed by atoms with E-state index in [-0.39, 0.29) is 17.0 Å². The van der Waals surface area contributed by atoms with Crippen LogP contribution in [-0.2, 0) is 13.5 Å². The fraction of sp³-hybridized carbons (Fsp3) is 0.421. The van der Waals surface area contributed by atoms with Crippen LogP contribution in [0.1, 0.15) is 65.0 Å². The molecule has 25 heavy (non-hydrogen) atoms. The summed E-state index contributed by atoms with van der Waals surface area (Å²) < 4.78 is 15.3. The van der Waals surface area contributed by atoms with E-state index in [1.807, 2.05) is 11.6 Å². The average molecular weight is 362 g/mol. The van der Waals surface area contributed by atoms with Gasteiger partial charge in [0.25, 0.3) is 5.91 Å². The van der Waals surface area contributed by atoms with Crippen LogP contribution < -0.4 is 11.1 Å². The second-order valence-corrected chi connectivity index (χ2v) is 7.45. The van der Waals surface area contributed by atoms with Crippen LogP contribution in [0.5, 0.6) is 0 Å². The number of hydrogen-bond acceptors (Lipinski definition) is 2. The van der Waals surface area contributed by atoms with Gasteiger partial charge in [0.2, 0.25) is 0 Å². The lowest BCUT2D eigenvalue weighted by Gasteiger charge is -2.28. The highest BCUT2D eigenvalue weighted by Gasteiger charge is 2.36. The highest BCUT2D eigenvalue weighted by molar-refractivity contribution is 6.31. The Morgan fingerprint density at radius 2 is 2.12 bits per heavy atom. The van der Waals surface area contributed by atoms with Crippen molar-refractivity contribution in [2.24, 2.45) is 12.8 Å². The molecule has 1 amide bonds. The van der Waals surface area contributed by atoms with Crippen molar-refractivity contribution in [3.8, 4) is 0 Å². The molecule has 132 valence electrons. The zero-order chi connectivity index (χ0) is 17.7. The molecule has 1 heterocycles. The smallest absolute Gasteiger partial charge is 0.272 e. The summed E-state index contributed by atoms with van der Waals surface area (Å²) in [5, 5.41) is 2.84. The Labute approximate surface area is 151 Å². The van der Waals surface area contributed by atoms with Crippen LogP contribution in [0.4, 0.5) is 10.1 Å². The van der Waals surface area contributed by atoms with Crippen LogP contribution in [0.15, 0.2) is 18.2 Å². The fourth-order valence-corrected chi connectivity index (χ4v) is 4.31. The van der Waals surface area contributed by atoms with Crippen LogP contribution in [0, 0.1) is 5.82 Å². The number of halogens is 2. The van der Waals surface area contributed by atoms with Crippen molar-refractivity contribution in [1.29, 1.82) is 0 Å². The Morgan fingerprint density at radius 3 is 2.76 bits per heavy atom. The summed E-state index contributed by atoms with van der Waals surface area (Å²) in [4.78, 5) is 12.9. The number of carbonyl (C=O) groups is 1. The van der Waals surface area contributed by atoms with Crippen LogP contribution in [0.3, 0.4) is 0 Å². The molecule has 2 aromatic rings. The number of rotatable bonds is 3. The zero-order valence-electron chi connectivity index (χ0n) is 14.1. The molecule has 3 N–H and O–H groups in total. The van der Waals surface area contributed by atoms with Crippen molar-refractivity contribution in [3.63, 3.8) is 0 Å². The van der Waals surface area contributed by atoms with E-state index in [1.54, 1.807) is 0 Å². The van der Waals surface area contributed by atoms with Crippen LogP contribution in [0.2, 0.25) is 5.02 Å². The van der Waals surface area contributed by atoms with Gasteiger partial charge in [0.1, 0.15) is 11.5 Å². The highest BCUT2D eigenvalue weighted by atomic mass is 35.5. The first kappa shape index (κ1) is 16.6. The standard InChI is InChI=1S/C19H21ClFN3O/c1-24-17(10-3-2-4-10)16-12(6-8-15(16)22)18(24)19(25)23-11-5-7-14(21)13(20)9-11/h5,7,9-10,15H,2-4,6,8,22H2,1H3,(H,23,25)/t15-/m0/s1. The molecule has 1 aromatic carbocycles. The second-order valence-electron chi connectivity index (χ2n) is 7.04. The quantitative estimate of drug-likeness (QED) is 0.857. The highest BCUT2D eigenvalue weighted by Crippen LogP contribution is 2.45. The molecule has 6 heteroatoms. The minimum atomic E-state index is -0.502. The van der Waals surface area contributed by atoms with Gasteiger partial charge in [-0.05, 0) is 60.9 Å². The largest absolute Gasteiger partial charge is 0.343 e. The molecule has 1 aromatic heterocycles. The van der Waals surface area contributed by atoms with Gasteiger partial charge in [-0.25, -0.2) is 4.39 Å². The number of amides is 1. The van der Waals surface area contributed by atoms with Crippen molar-refractivity contribution in [2.75, 3.05) is 5.32 Å². The predicted octanol–water partition coefficient (Wildman–Crippen LogP) is 4.28. The molecule has 2 aliphatic rings. The van der Waals surface area contributed by atoms with E-state index in [1.165, 1.54) is 35.9 Å². The number of nitrogens with one attached hydrogen (secondary N) is 1. The molecular weight excluding hydrogens is 341 g/mol. The van der Waals surface area contributed by atoms with Gasteiger partial charge >= 0.3 is 0 Å². The maximum Gasteiger partial charge on any atom is 0.272 e. The lowest BCUT2D eigenvalue weighted by molar-refractivity contribution is 0.101. The van der Waals surface area contributed by atoms with E-state index in [0.29, 0.717) is 17.3 Å². The summed E-state index contributed by atoms with van der Waals surface area (Å²) in [5.74, 6) is -0.191. The van der Waals surface area contributed by atoms with Crippen LogP contribution >= 0.6 is 11.6 Å². The average Bonchev–Trinajstić information content (AvgIpc) is 3.01. The number of hydrogen-bond donors (Lipinski definition) is 2. The Balaban J connectivity index is 1.71. The molecule has 4 nitrogen and oxygen atoms in total. The van der Waals surface area contributed by atoms with Gasteiger partial charge in [0.05, 0.1) is 5.02 Å². The molecule has 0 bridgehead atoms. The lowest BCUT2D eigenvalue weighted by Crippen LogP contribution is -2.21. The molecule has 0 unspecified atom stereocenters. The van der Waals surface area contributed by atoms with Crippen molar-refractivity contribution in [1.82, 2.24) is 4.57 Å². The SMILES string of the molecule is Cn1c(C(=O)Nc2ccc(F)c(Cl)c2)c2c(c1C1CCC1)[C@@H](N)CC2. The Kier molecular flexibility index (Phi) is 4.08. The van der Waals surface area contributed by atoms with Gasteiger partial charge < -0.3 is 15.6 Å². The summed E-state index contributed by atoms with van der Waals surface area (Å²) in [7, 11) is 1.95. The van der Waals surface area contributed by atoms with E-state index in [2.05, 4.69) is 5.32 Å². The topological polar surface area (TPSA) is 60.0 Å².